The van der Waals surface area contributed by atoms with Gasteiger partial charge in [-0.2, -0.15) is 0 Å². The minimum atomic E-state index is -0.231. The summed E-state index contributed by atoms with van der Waals surface area (Å²) in [6, 6.07) is 6.66. The van der Waals surface area contributed by atoms with Crippen LogP contribution in [-0.2, 0) is 6.54 Å². The third-order valence-electron chi connectivity index (χ3n) is 2.70. The first-order chi connectivity index (χ1) is 9.19. The molecule has 1 atom stereocenters. The van der Waals surface area contributed by atoms with Crippen molar-refractivity contribution in [3.05, 3.63) is 41.2 Å². The molecule has 0 spiro atoms. The van der Waals surface area contributed by atoms with E-state index in [1.54, 1.807) is 23.5 Å². The molecule has 4 heteroatoms. The van der Waals surface area contributed by atoms with E-state index in [0.717, 1.165) is 16.3 Å². The Morgan fingerprint density at radius 2 is 2.16 bits per heavy atom. The van der Waals surface area contributed by atoms with Crippen LogP contribution in [0.3, 0.4) is 0 Å². The summed E-state index contributed by atoms with van der Waals surface area (Å²) >= 11 is 1.56. The Morgan fingerprint density at radius 3 is 2.84 bits per heavy atom. The van der Waals surface area contributed by atoms with Crippen LogP contribution >= 0.6 is 11.3 Å². The fourth-order valence-corrected chi connectivity index (χ4v) is 2.47. The van der Waals surface area contributed by atoms with Crippen molar-refractivity contribution in [3.8, 4) is 22.9 Å². The molecule has 2 rings (SSSR count). The summed E-state index contributed by atoms with van der Waals surface area (Å²) in [6.07, 6.45) is 5.96. The lowest BCUT2D eigenvalue weighted by Crippen LogP contribution is -2.24. The minimum Gasteiger partial charge on any atom is -0.308 e. The van der Waals surface area contributed by atoms with Gasteiger partial charge in [-0.15, -0.1) is 23.7 Å². The van der Waals surface area contributed by atoms with Gasteiger partial charge in [0.05, 0.1) is 5.69 Å². The van der Waals surface area contributed by atoms with Crippen LogP contribution in [0.2, 0.25) is 0 Å². The number of halogens is 1. The molecule has 1 aromatic heterocycles. The van der Waals surface area contributed by atoms with E-state index in [-0.39, 0.29) is 11.9 Å². The van der Waals surface area contributed by atoms with E-state index in [9.17, 15) is 4.39 Å². The molecule has 1 unspecified atom stereocenters. The summed E-state index contributed by atoms with van der Waals surface area (Å²) in [4.78, 5) is 4.52. The first kappa shape index (κ1) is 13.7. The van der Waals surface area contributed by atoms with Gasteiger partial charge in [-0.3, -0.25) is 0 Å². The van der Waals surface area contributed by atoms with E-state index in [4.69, 9.17) is 6.42 Å². The molecular formula is C15H15FN2S. The zero-order chi connectivity index (χ0) is 13.7. The van der Waals surface area contributed by atoms with Crippen molar-refractivity contribution in [2.45, 2.75) is 25.9 Å². The van der Waals surface area contributed by atoms with Crippen LogP contribution in [-0.4, -0.2) is 11.0 Å². The summed E-state index contributed by atoms with van der Waals surface area (Å²) in [5, 5.41) is 6.23. The molecule has 0 aliphatic heterocycles. The van der Waals surface area contributed by atoms with Gasteiger partial charge >= 0.3 is 0 Å². The van der Waals surface area contributed by atoms with Gasteiger partial charge in [0.1, 0.15) is 10.8 Å². The second kappa shape index (κ2) is 6.46. The summed E-state index contributed by atoms with van der Waals surface area (Å²) in [5.41, 5.74) is 1.92. The maximum atomic E-state index is 12.8. The average molecular weight is 274 g/mol. The third-order valence-corrected chi connectivity index (χ3v) is 3.64. The van der Waals surface area contributed by atoms with E-state index in [1.807, 2.05) is 12.3 Å². The molecule has 1 heterocycles. The van der Waals surface area contributed by atoms with Crippen LogP contribution in [0.5, 0.6) is 0 Å². The second-order valence-corrected chi connectivity index (χ2v) is 5.20. The van der Waals surface area contributed by atoms with Crippen LogP contribution in [0.25, 0.3) is 10.6 Å². The molecular weight excluding hydrogens is 259 g/mol. The van der Waals surface area contributed by atoms with E-state index < -0.39 is 0 Å². The Bertz CT molecular complexity index is 569. The molecule has 0 saturated heterocycles. The lowest BCUT2D eigenvalue weighted by Gasteiger charge is -2.08. The number of benzene rings is 1. The molecule has 0 bridgehead atoms. The highest BCUT2D eigenvalue weighted by Crippen LogP contribution is 2.23. The lowest BCUT2D eigenvalue weighted by molar-refractivity contribution is 0.555. The van der Waals surface area contributed by atoms with E-state index in [1.165, 1.54) is 12.1 Å². The Hall–Kier alpha value is -1.70. The lowest BCUT2D eigenvalue weighted by atomic mass is 10.2. The minimum absolute atomic E-state index is 0.231. The predicted octanol–water partition coefficient (Wildman–Crippen LogP) is 3.45. The maximum Gasteiger partial charge on any atom is 0.123 e. The molecule has 2 nitrogen and oxygen atoms in total. The highest BCUT2D eigenvalue weighted by Gasteiger charge is 2.06. The maximum absolute atomic E-state index is 12.8. The standard InChI is InChI=1S/C15H15FN2S/c1-3-4-11(2)17-9-14-10-19-15(18-14)12-5-7-13(16)8-6-12/h1,5-8,10-11,17H,4,9H2,2H3. The summed E-state index contributed by atoms with van der Waals surface area (Å²) in [5.74, 6) is 2.39. The number of nitrogens with zero attached hydrogens (tertiary/aromatic N) is 1. The second-order valence-electron chi connectivity index (χ2n) is 4.34. The van der Waals surface area contributed by atoms with Gasteiger partial charge in [0, 0.05) is 30.0 Å². The molecule has 98 valence electrons. The Balaban J connectivity index is 1.99. The van der Waals surface area contributed by atoms with Crippen molar-refractivity contribution in [1.82, 2.24) is 10.3 Å². The topological polar surface area (TPSA) is 24.9 Å². The molecule has 0 radical (unpaired) electrons. The van der Waals surface area contributed by atoms with Crippen molar-refractivity contribution >= 4 is 11.3 Å². The highest BCUT2D eigenvalue weighted by molar-refractivity contribution is 7.13. The molecule has 0 aliphatic rings. The van der Waals surface area contributed by atoms with Crippen molar-refractivity contribution in [1.29, 1.82) is 0 Å². The van der Waals surface area contributed by atoms with Crippen molar-refractivity contribution in [2.75, 3.05) is 0 Å². The summed E-state index contributed by atoms with van der Waals surface area (Å²) < 4.78 is 12.8. The van der Waals surface area contributed by atoms with Crippen LogP contribution in [0.1, 0.15) is 19.0 Å². The van der Waals surface area contributed by atoms with Gasteiger partial charge in [-0.25, -0.2) is 9.37 Å². The molecule has 2 aromatic rings. The molecule has 1 N–H and O–H groups in total. The summed E-state index contributed by atoms with van der Waals surface area (Å²) in [6.45, 7) is 2.74. The van der Waals surface area contributed by atoms with E-state index in [0.29, 0.717) is 13.0 Å². The molecule has 0 saturated carbocycles. The molecule has 0 amide bonds. The fraction of sp³-hybridized carbons (Fsp3) is 0.267. The predicted molar refractivity (Wildman–Crippen MR) is 77.3 cm³/mol. The molecule has 0 aliphatic carbocycles. The smallest absolute Gasteiger partial charge is 0.123 e. The van der Waals surface area contributed by atoms with Gasteiger partial charge in [-0.1, -0.05) is 0 Å². The van der Waals surface area contributed by atoms with Crippen LogP contribution in [0.15, 0.2) is 29.6 Å². The normalized spacial score (nSPS) is 12.1. The Kier molecular flexibility index (Phi) is 4.67. The number of nitrogens with one attached hydrogen (secondary N) is 1. The number of thiazole rings is 1. The number of hydrogen-bond donors (Lipinski definition) is 1. The molecule has 1 aromatic carbocycles. The van der Waals surface area contributed by atoms with Gasteiger partial charge in [0.15, 0.2) is 0 Å². The van der Waals surface area contributed by atoms with Crippen LogP contribution in [0.4, 0.5) is 4.39 Å². The fourth-order valence-electron chi connectivity index (χ4n) is 1.64. The van der Waals surface area contributed by atoms with Gasteiger partial charge in [0.25, 0.3) is 0 Å². The van der Waals surface area contributed by atoms with Crippen LogP contribution in [0, 0.1) is 18.2 Å². The van der Waals surface area contributed by atoms with Gasteiger partial charge < -0.3 is 5.32 Å². The number of rotatable bonds is 5. The zero-order valence-electron chi connectivity index (χ0n) is 10.7. The number of hydrogen-bond acceptors (Lipinski definition) is 3. The molecule has 19 heavy (non-hydrogen) atoms. The third kappa shape index (κ3) is 3.88. The Morgan fingerprint density at radius 1 is 1.42 bits per heavy atom. The quantitative estimate of drug-likeness (QED) is 0.845. The summed E-state index contributed by atoms with van der Waals surface area (Å²) in [7, 11) is 0. The first-order valence-corrected chi connectivity index (χ1v) is 6.94. The number of terminal acetylenes is 1. The zero-order valence-corrected chi connectivity index (χ0v) is 11.5. The van der Waals surface area contributed by atoms with Gasteiger partial charge in [-0.05, 0) is 31.2 Å². The highest BCUT2D eigenvalue weighted by atomic mass is 32.1. The SMILES string of the molecule is C#CCC(C)NCc1csc(-c2ccc(F)cc2)n1. The van der Waals surface area contributed by atoms with Gasteiger partial charge in [0.2, 0.25) is 0 Å². The monoisotopic (exact) mass is 274 g/mol. The Labute approximate surface area is 116 Å². The average Bonchev–Trinajstić information content (AvgIpc) is 2.86. The largest absolute Gasteiger partial charge is 0.308 e. The van der Waals surface area contributed by atoms with Crippen molar-refractivity contribution in [2.24, 2.45) is 0 Å². The van der Waals surface area contributed by atoms with E-state index in [2.05, 4.69) is 16.2 Å². The van der Waals surface area contributed by atoms with Crippen LogP contribution < -0.4 is 5.32 Å². The van der Waals surface area contributed by atoms with E-state index >= 15 is 0 Å². The first-order valence-electron chi connectivity index (χ1n) is 6.06. The van der Waals surface area contributed by atoms with Crippen molar-refractivity contribution < 1.29 is 4.39 Å². The number of aromatic nitrogens is 1. The molecule has 0 fully saturated rings. The van der Waals surface area contributed by atoms with Crippen molar-refractivity contribution in [3.63, 3.8) is 0 Å².